The van der Waals surface area contributed by atoms with E-state index < -0.39 is 16.1 Å². The maximum absolute atomic E-state index is 12.9. The molecule has 0 aromatic heterocycles. The average molecular weight is 548 g/mol. The van der Waals surface area contributed by atoms with Crippen LogP contribution in [0.2, 0.25) is 0 Å². The molecule has 10 nitrogen and oxygen atoms in total. The summed E-state index contributed by atoms with van der Waals surface area (Å²) in [5.41, 5.74) is 3.99. The van der Waals surface area contributed by atoms with Crippen LogP contribution in [0.3, 0.4) is 0 Å². The largest absolute Gasteiger partial charge is 0.493 e. The van der Waals surface area contributed by atoms with Crippen molar-refractivity contribution in [3.05, 3.63) is 97.9 Å². The Labute approximate surface area is 228 Å². The van der Waals surface area contributed by atoms with Crippen LogP contribution in [0.5, 0.6) is 11.5 Å². The van der Waals surface area contributed by atoms with Crippen molar-refractivity contribution in [3.63, 3.8) is 0 Å². The summed E-state index contributed by atoms with van der Waals surface area (Å²) < 4.78 is 11.1. The Bertz CT molecular complexity index is 1480. The molecule has 3 amide bonds. The van der Waals surface area contributed by atoms with Crippen molar-refractivity contribution in [1.29, 1.82) is 0 Å². The van der Waals surface area contributed by atoms with Gasteiger partial charge in [0.1, 0.15) is 0 Å². The summed E-state index contributed by atoms with van der Waals surface area (Å²) >= 11 is 0.804. The second-order valence-corrected chi connectivity index (χ2v) is 9.73. The van der Waals surface area contributed by atoms with E-state index in [1.165, 1.54) is 31.4 Å². The number of nitro groups is 1. The number of aryl methyl sites for hydroxylation is 2. The highest BCUT2D eigenvalue weighted by Crippen LogP contribution is 2.35. The van der Waals surface area contributed by atoms with Crippen molar-refractivity contribution in [2.75, 3.05) is 19.0 Å². The molecule has 1 saturated heterocycles. The Hall–Kier alpha value is -4.64. The van der Waals surface area contributed by atoms with E-state index in [2.05, 4.69) is 5.32 Å². The number of ether oxygens (including phenoxy) is 2. The van der Waals surface area contributed by atoms with Crippen LogP contribution < -0.4 is 14.8 Å². The maximum atomic E-state index is 12.9. The predicted molar refractivity (Wildman–Crippen MR) is 148 cm³/mol. The molecule has 39 heavy (non-hydrogen) atoms. The van der Waals surface area contributed by atoms with E-state index in [4.69, 9.17) is 9.47 Å². The molecule has 4 rings (SSSR count). The first-order valence-corrected chi connectivity index (χ1v) is 12.6. The van der Waals surface area contributed by atoms with Crippen LogP contribution in [0.1, 0.15) is 22.3 Å². The zero-order valence-electron chi connectivity index (χ0n) is 21.4. The molecule has 0 atom stereocenters. The molecule has 1 fully saturated rings. The Balaban J connectivity index is 1.40. The fourth-order valence-electron chi connectivity index (χ4n) is 3.75. The van der Waals surface area contributed by atoms with E-state index in [9.17, 15) is 24.5 Å². The fraction of sp³-hybridized carbons (Fsp3) is 0.179. The number of methoxy groups -OCH3 is 1. The van der Waals surface area contributed by atoms with Crippen molar-refractivity contribution in [3.8, 4) is 11.5 Å². The van der Waals surface area contributed by atoms with Crippen molar-refractivity contribution in [2.24, 2.45) is 0 Å². The number of hydrogen-bond acceptors (Lipinski definition) is 8. The van der Waals surface area contributed by atoms with Crippen molar-refractivity contribution in [2.45, 2.75) is 20.4 Å². The number of carbonyl (C=O) groups excluding carboxylic acids is 3. The highest BCUT2D eigenvalue weighted by atomic mass is 32.2. The number of imide groups is 1. The summed E-state index contributed by atoms with van der Waals surface area (Å²) in [6.07, 6.45) is 1.57. The van der Waals surface area contributed by atoms with Gasteiger partial charge in [-0.25, -0.2) is 0 Å². The molecule has 1 N–H and O–H groups in total. The molecule has 0 bridgehead atoms. The first-order valence-electron chi connectivity index (χ1n) is 11.8. The van der Waals surface area contributed by atoms with E-state index in [1.54, 1.807) is 24.3 Å². The van der Waals surface area contributed by atoms with E-state index in [0.717, 1.165) is 27.8 Å². The van der Waals surface area contributed by atoms with Gasteiger partial charge in [-0.15, -0.1) is 0 Å². The smallest absolute Gasteiger partial charge is 0.293 e. The van der Waals surface area contributed by atoms with Crippen molar-refractivity contribution < 1.29 is 28.8 Å². The van der Waals surface area contributed by atoms with Gasteiger partial charge in [0.15, 0.2) is 18.1 Å². The second-order valence-electron chi connectivity index (χ2n) is 8.74. The average Bonchev–Trinajstić information content (AvgIpc) is 3.17. The topological polar surface area (TPSA) is 128 Å². The number of nitrogens with zero attached hydrogens (tertiary/aromatic N) is 2. The number of rotatable bonds is 9. The van der Waals surface area contributed by atoms with E-state index in [0.29, 0.717) is 28.3 Å². The van der Waals surface area contributed by atoms with Crippen LogP contribution in [0, 0.1) is 24.0 Å². The van der Waals surface area contributed by atoms with E-state index >= 15 is 0 Å². The van der Waals surface area contributed by atoms with E-state index in [1.807, 2.05) is 32.0 Å². The molecule has 0 radical (unpaired) electrons. The molecule has 200 valence electrons. The third kappa shape index (κ3) is 6.63. The molecule has 1 aliphatic heterocycles. The number of carbonyl (C=O) groups is 3. The molecule has 1 heterocycles. The molecule has 0 saturated carbocycles. The summed E-state index contributed by atoms with van der Waals surface area (Å²) in [5.74, 6) is -0.0965. The first-order chi connectivity index (χ1) is 18.6. The standard InChI is InChI=1S/C28H25N3O7S/c1-17-4-8-21(12-18(17)2)29-26(32)16-38-23-11-7-20(13-24(23)37-3)14-25-27(33)30(28(34)39-25)15-19-5-9-22(10-6-19)31(35)36/h4-14H,15-16H2,1-3H3,(H,29,32)/b25-14-. The summed E-state index contributed by atoms with van der Waals surface area (Å²) in [7, 11) is 1.46. The fourth-order valence-corrected chi connectivity index (χ4v) is 4.58. The van der Waals surface area contributed by atoms with Crippen LogP contribution in [0.25, 0.3) is 6.08 Å². The van der Waals surface area contributed by atoms with E-state index in [-0.39, 0.29) is 29.7 Å². The van der Waals surface area contributed by atoms with Gasteiger partial charge in [0.2, 0.25) is 0 Å². The lowest BCUT2D eigenvalue weighted by Crippen LogP contribution is -2.27. The maximum Gasteiger partial charge on any atom is 0.293 e. The minimum Gasteiger partial charge on any atom is -0.493 e. The number of thioether (sulfide) groups is 1. The van der Waals surface area contributed by atoms with Gasteiger partial charge < -0.3 is 14.8 Å². The lowest BCUT2D eigenvalue weighted by molar-refractivity contribution is -0.384. The minimum atomic E-state index is -0.516. The highest BCUT2D eigenvalue weighted by molar-refractivity contribution is 8.18. The monoisotopic (exact) mass is 547 g/mol. The summed E-state index contributed by atoms with van der Waals surface area (Å²) in [5, 5.41) is 13.2. The summed E-state index contributed by atoms with van der Waals surface area (Å²) in [6, 6.07) is 16.3. The minimum absolute atomic E-state index is 0.000318. The van der Waals surface area contributed by atoms with Gasteiger partial charge in [-0.1, -0.05) is 24.3 Å². The number of nitro benzene ring substituents is 1. The molecule has 3 aromatic carbocycles. The first kappa shape index (κ1) is 27.4. The molecule has 3 aromatic rings. The van der Waals surface area contributed by atoms with Crippen LogP contribution in [0.15, 0.2) is 65.6 Å². The Morgan fingerprint density at radius 2 is 1.77 bits per heavy atom. The second kappa shape index (κ2) is 11.8. The van der Waals surface area contributed by atoms with Crippen LogP contribution in [-0.2, 0) is 16.1 Å². The van der Waals surface area contributed by atoms with Gasteiger partial charge >= 0.3 is 0 Å². The van der Waals surface area contributed by atoms with Crippen LogP contribution >= 0.6 is 11.8 Å². The lowest BCUT2D eigenvalue weighted by atomic mass is 10.1. The molecular formula is C28H25N3O7S. The normalized spacial score (nSPS) is 14.0. The third-order valence-corrected chi connectivity index (χ3v) is 6.90. The number of benzene rings is 3. The van der Waals surface area contributed by atoms with Gasteiger partial charge in [-0.2, -0.15) is 0 Å². The molecular weight excluding hydrogens is 522 g/mol. The van der Waals surface area contributed by atoms with Crippen molar-refractivity contribution >= 4 is 46.3 Å². The summed E-state index contributed by atoms with van der Waals surface area (Å²) in [6.45, 7) is 3.73. The highest BCUT2D eigenvalue weighted by Gasteiger charge is 2.35. The number of hydrogen-bond donors (Lipinski definition) is 1. The molecule has 0 spiro atoms. The van der Waals surface area contributed by atoms with Crippen LogP contribution in [0.4, 0.5) is 16.2 Å². The number of amides is 3. The molecule has 0 unspecified atom stereocenters. The predicted octanol–water partition coefficient (Wildman–Crippen LogP) is 5.47. The zero-order valence-corrected chi connectivity index (χ0v) is 22.2. The van der Waals surface area contributed by atoms with Gasteiger partial charge in [0, 0.05) is 17.8 Å². The van der Waals surface area contributed by atoms with Crippen molar-refractivity contribution in [1.82, 2.24) is 4.90 Å². The Morgan fingerprint density at radius 1 is 1.03 bits per heavy atom. The number of nitrogens with one attached hydrogen (secondary N) is 1. The SMILES string of the molecule is COc1cc(/C=C2\SC(=O)N(Cc3ccc([N+](=O)[O-])cc3)C2=O)ccc1OCC(=O)Nc1ccc(C)c(C)c1. The van der Waals surface area contributed by atoms with Gasteiger partial charge in [-0.3, -0.25) is 29.4 Å². The Morgan fingerprint density at radius 3 is 2.44 bits per heavy atom. The van der Waals surface area contributed by atoms with Gasteiger partial charge in [0.25, 0.3) is 22.7 Å². The quantitative estimate of drug-likeness (QED) is 0.212. The Kier molecular flexibility index (Phi) is 8.30. The number of anilines is 1. The van der Waals surface area contributed by atoms with Gasteiger partial charge in [0.05, 0.1) is 23.5 Å². The molecule has 11 heteroatoms. The van der Waals surface area contributed by atoms with Gasteiger partial charge in [-0.05, 0) is 78.2 Å². The lowest BCUT2D eigenvalue weighted by Gasteiger charge is -2.13. The van der Waals surface area contributed by atoms with Crippen LogP contribution in [-0.4, -0.2) is 40.6 Å². The molecule has 1 aliphatic rings. The number of non-ortho nitro benzene ring substituents is 1. The summed E-state index contributed by atoms with van der Waals surface area (Å²) in [4.78, 5) is 49.4. The molecule has 0 aliphatic carbocycles. The zero-order chi connectivity index (χ0) is 28.1. The third-order valence-electron chi connectivity index (χ3n) is 6.00.